The summed E-state index contributed by atoms with van der Waals surface area (Å²) in [4.78, 5) is 39.9. The Labute approximate surface area is 64.3 Å². The number of nitrogens with one attached hydrogen (secondary N) is 2. The van der Waals surface area contributed by atoms with Gasteiger partial charge in [0.15, 0.2) is 5.36 Å². The van der Waals surface area contributed by atoms with Crippen molar-refractivity contribution in [2.24, 2.45) is 4.99 Å². The zero-order valence-corrected chi connectivity index (χ0v) is 5.75. The van der Waals surface area contributed by atoms with Crippen molar-refractivity contribution in [1.82, 2.24) is 9.97 Å². The van der Waals surface area contributed by atoms with Crippen LogP contribution in [0.15, 0.2) is 14.6 Å². The van der Waals surface area contributed by atoms with Crippen LogP contribution in [0.4, 0.5) is 0 Å². The van der Waals surface area contributed by atoms with E-state index in [1.807, 2.05) is 4.98 Å². The molecule has 1 amide bonds. The molecule has 0 fully saturated rings. The Morgan fingerprint density at radius 3 is 2.67 bits per heavy atom. The van der Waals surface area contributed by atoms with Gasteiger partial charge in [-0.2, -0.15) is 0 Å². The number of aromatic amines is 2. The fraction of sp³-hybridized carbons (Fsp3) is 0. The van der Waals surface area contributed by atoms with Gasteiger partial charge < -0.3 is 4.98 Å². The summed E-state index contributed by atoms with van der Waals surface area (Å²) >= 11 is 0. The molecule has 0 atom stereocenters. The van der Waals surface area contributed by atoms with Gasteiger partial charge in [0, 0.05) is 6.08 Å². The number of hydrogen-bond acceptors (Lipinski definition) is 3. The molecule has 0 unspecified atom stereocenters. The van der Waals surface area contributed by atoms with Crippen molar-refractivity contribution in [3.8, 4) is 0 Å². The molecule has 1 aliphatic heterocycles. The Balaban J connectivity index is 3.15. The summed E-state index contributed by atoms with van der Waals surface area (Å²) in [7, 11) is 0. The zero-order valence-electron chi connectivity index (χ0n) is 5.75. The van der Waals surface area contributed by atoms with Gasteiger partial charge in [0.05, 0.1) is 5.35 Å². The van der Waals surface area contributed by atoms with Crippen LogP contribution in [0.1, 0.15) is 0 Å². The normalized spacial score (nSPS) is 13.5. The van der Waals surface area contributed by atoms with E-state index < -0.39 is 17.2 Å². The third kappa shape index (κ3) is 0.815. The first-order valence-electron chi connectivity index (χ1n) is 3.14. The van der Waals surface area contributed by atoms with Crippen molar-refractivity contribution < 1.29 is 4.79 Å². The Morgan fingerprint density at radius 2 is 1.92 bits per heavy atom. The molecule has 2 rings (SSSR count). The number of carbonyl (C=O) groups is 1. The lowest BCUT2D eigenvalue weighted by atomic mass is 10.5. The van der Waals surface area contributed by atoms with E-state index in [1.165, 1.54) is 0 Å². The lowest BCUT2D eigenvalue weighted by Gasteiger charge is -1.80. The van der Waals surface area contributed by atoms with Crippen molar-refractivity contribution in [3.63, 3.8) is 0 Å². The minimum atomic E-state index is -0.643. The first-order chi connectivity index (χ1) is 5.66. The second-order valence-corrected chi connectivity index (χ2v) is 2.26. The number of H-pyrrole nitrogens is 2. The Morgan fingerprint density at radius 1 is 1.17 bits per heavy atom. The van der Waals surface area contributed by atoms with Crippen molar-refractivity contribution >= 4 is 12.0 Å². The molecule has 1 aliphatic rings. The Kier molecular flexibility index (Phi) is 1.12. The molecular weight excluding hydrogens is 162 g/mol. The number of fused-ring (bicyclic) bond motifs is 1. The fourth-order valence-electron chi connectivity index (χ4n) is 0.979. The maximum Gasteiger partial charge on any atom is 0.326 e. The van der Waals surface area contributed by atoms with Gasteiger partial charge in [-0.05, 0) is 0 Å². The highest BCUT2D eigenvalue weighted by molar-refractivity contribution is 6.05. The minimum Gasteiger partial charge on any atom is -0.305 e. The van der Waals surface area contributed by atoms with Gasteiger partial charge >= 0.3 is 5.69 Å². The van der Waals surface area contributed by atoms with Gasteiger partial charge in [0.25, 0.3) is 11.5 Å². The standard InChI is InChI=1S/C6H3N3O3/c10-3-1-2-4(8-3)5(11)9-6(12)7-2/h1H,(H2,7,9,11,12). The van der Waals surface area contributed by atoms with Gasteiger partial charge in [0.2, 0.25) is 0 Å². The van der Waals surface area contributed by atoms with Crippen LogP contribution in [0.2, 0.25) is 0 Å². The van der Waals surface area contributed by atoms with Crippen LogP contribution in [-0.2, 0) is 4.79 Å². The van der Waals surface area contributed by atoms with Gasteiger partial charge in [0.1, 0.15) is 0 Å². The van der Waals surface area contributed by atoms with Crippen LogP contribution in [0.3, 0.4) is 0 Å². The van der Waals surface area contributed by atoms with Crippen LogP contribution in [-0.4, -0.2) is 15.9 Å². The highest BCUT2D eigenvalue weighted by Gasteiger charge is 2.06. The molecule has 0 aliphatic carbocycles. The van der Waals surface area contributed by atoms with Gasteiger partial charge in [-0.3, -0.25) is 14.6 Å². The number of aromatic nitrogens is 2. The molecule has 6 heteroatoms. The second-order valence-electron chi connectivity index (χ2n) is 2.26. The molecule has 6 nitrogen and oxygen atoms in total. The van der Waals surface area contributed by atoms with Crippen LogP contribution in [0, 0.1) is 0 Å². The summed E-state index contributed by atoms with van der Waals surface area (Å²) in [6.45, 7) is 0. The molecule has 60 valence electrons. The van der Waals surface area contributed by atoms with Crippen LogP contribution < -0.4 is 22.0 Å². The van der Waals surface area contributed by atoms with E-state index in [9.17, 15) is 14.4 Å². The predicted octanol–water partition coefficient (Wildman–Crippen LogP) is -3.00. The van der Waals surface area contributed by atoms with Crippen LogP contribution in [0.5, 0.6) is 0 Å². The van der Waals surface area contributed by atoms with E-state index in [1.54, 1.807) is 0 Å². The molecule has 0 spiro atoms. The lowest BCUT2D eigenvalue weighted by Crippen LogP contribution is -2.46. The summed E-state index contributed by atoms with van der Waals surface area (Å²) in [6.07, 6.45) is 1.10. The molecular formula is C6H3N3O3. The SMILES string of the molecule is O=C1C=c2[nH]c(=O)[nH]c(=O)c2=N1. The molecule has 2 heterocycles. The monoisotopic (exact) mass is 165 g/mol. The minimum absolute atomic E-state index is 0.0281. The summed E-state index contributed by atoms with van der Waals surface area (Å²) in [5, 5.41) is 0.147. The molecule has 12 heavy (non-hydrogen) atoms. The third-order valence-electron chi connectivity index (χ3n) is 1.44. The van der Waals surface area contributed by atoms with Gasteiger partial charge in [-0.1, -0.05) is 0 Å². The molecule has 0 radical (unpaired) electrons. The third-order valence-corrected chi connectivity index (χ3v) is 1.44. The van der Waals surface area contributed by atoms with Crippen molar-refractivity contribution in [2.75, 3.05) is 0 Å². The largest absolute Gasteiger partial charge is 0.326 e. The Bertz CT molecular complexity index is 577. The summed E-state index contributed by atoms with van der Waals surface area (Å²) in [5.41, 5.74) is -1.28. The van der Waals surface area contributed by atoms with Crippen LogP contribution >= 0.6 is 0 Å². The van der Waals surface area contributed by atoms with E-state index in [0.717, 1.165) is 6.08 Å². The maximum absolute atomic E-state index is 10.9. The molecule has 0 bridgehead atoms. The summed E-state index contributed by atoms with van der Waals surface area (Å²) in [5.74, 6) is -0.530. The highest BCUT2D eigenvalue weighted by Crippen LogP contribution is 1.74. The first-order valence-corrected chi connectivity index (χ1v) is 3.14. The topological polar surface area (TPSA) is 95.1 Å². The Hall–Kier alpha value is -1.98. The summed E-state index contributed by atoms with van der Waals surface area (Å²) < 4.78 is 0. The first kappa shape index (κ1) is 6.71. The average Bonchev–Trinajstić information content (AvgIpc) is 2.29. The zero-order chi connectivity index (χ0) is 8.72. The smallest absolute Gasteiger partial charge is 0.305 e. The summed E-state index contributed by atoms with van der Waals surface area (Å²) in [6, 6.07) is 0. The number of nitrogens with zero attached hydrogens (tertiary/aromatic N) is 1. The number of carbonyl (C=O) groups excluding carboxylic acids is 1. The number of amides is 1. The van der Waals surface area contributed by atoms with E-state index in [-0.39, 0.29) is 10.7 Å². The fourth-order valence-corrected chi connectivity index (χ4v) is 0.979. The van der Waals surface area contributed by atoms with E-state index in [4.69, 9.17) is 0 Å². The predicted molar refractivity (Wildman–Crippen MR) is 37.9 cm³/mol. The van der Waals surface area contributed by atoms with Gasteiger partial charge in [-0.15, -0.1) is 0 Å². The molecule has 0 aromatic carbocycles. The average molecular weight is 165 g/mol. The molecule has 2 N–H and O–H groups in total. The van der Waals surface area contributed by atoms with E-state index in [0.29, 0.717) is 0 Å². The van der Waals surface area contributed by atoms with E-state index in [2.05, 4.69) is 9.98 Å². The molecule has 0 saturated heterocycles. The number of rotatable bonds is 0. The maximum atomic E-state index is 10.9. The van der Waals surface area contributed by atoms with Crippen molar-refractivity contribution in [1.29, 1.82) is 0 Å². The van der Waals surface area contributed by atoms with E-state index >= 15 is 0 Å². The van der Waals surface area contributed by atoms with Crippen molar-refractivity contribution in [3.05, 3.63) is 31.5 Å². The quantitative estimate of drug-likeness (QED) is 0.429. The van der Waals surface area contributed by atoms with Crippen molar-refractivity contribution in [2.45, 2.75) is 0 Å². The van der Waals surface area contributed by atoms with Gasteiger partial charge in [-0.25, -0.2) is 9.79 Å². The van der Waals surface area contributed by atoms with Crippen LogP contribution in [0.25, 0.3) is 6.08 Å². The molecule has 1 aromatic heterocycles. The molecule has 0 saturated carbocycles. The highest BCUT2D eigenvalue weighted by atomic mass is 16.2. The molecule has 1 aromatic rings. The lowest BCUT2D eigenvalue weighted by molar-refractivity contribution is -0.112. The second kappa shape index (κ2) is 2.00. The number of hydrogen-bond donors (Lipinski definition) is 2.